The smallest absolute Gasteiger partial charge is 0.249 e. The van der Waals surface area contributed by atoms with Gasteiger partial charge in [0.05, 0.1) is 17.0 Å². The molecule has 0 bridgehead atoms. The summed E-state index contributed by atoms with van der Waals surface area (Å²) in [5.41, 5.74) is 4.27. The molecule has 0 fully saturated rings. The minimum Gasteiger partial charge on any atom is -0.421 e. The lowest BCUT2D eigenvalue weighted by Gasteiger charge is -2.09. The van der Waals surface area contributed by atoms with Gasteiger partial charge in [0.2, 0.25) is 17.7 Å². The number of carbonyl (C=O) groups excluding carboxylic acids is 1. The zero-order chi connectivity index (χ0) is 17.9. The molecule has 1 aliphatic carbocycles. The molecule has 5 nitrogen and oxygen atoms in total. The Morgan fingerprint density at radius 1 is 1.15 bits per heavy atom. The van der Waals surface area contributed by atoms with Gasteiger partial charge < -0.3 is 9.73 Å². The zero-order valence-corrected chi connectivity index (χ0v) is 15.3. The Hall–Kier alpha value is -2.60. The fraction of sp³-hybridized carbons (Fsp3) is 0.250. The highest BCUT2D eigenvalue weighted by molar-refractivity contribution is 8.00. The van der Waals surface area contributed by atoms with Gasteiger partial charge in [-0.1, -0.05) is 18.2 Å². The maximum absolute atomic E-state index is 12.4. The molecule has 0 aliphatic heterocycles. The molecule has 2 aromatic carbocycles. The van der Waals surface area contributed by atoms with E-state index in [-0.39, 0.29) is 5.91 Å². The van der Waals surface area contributed by atoms with Crippen LogP contribution in [0.5, 0.6) is 0 Å². The molecule has 0 atom stereocenters. The Morgan fingerprint density at radius 3 is 2.85 bits per heavy atom. The van der Waals surface area contributed by atoms with Gasteiger partial charge in [0.1, 0.15) is 0 Å². The topological polar surface area (TPSA) is 68.0 Å². The lowest BCUT2D eigenvalue weighted by molar-refractivity contribution is -0.113. The van der Waals surface area contributed by atoms with Crippen molar-refractivity contribution in [2.45, 2.75) is 31.1 Å². The van der Waals surface area contributed by atoms with Crippen molar-refractivity contribution in [1.29, 1.82) is 0 Å². The van der Waals surface area contributed by atoms with Crippen LogP contribution < -0.4 is 5.32 Å². The number of aromatic nitrogens is 2. The summed E-state index contributed by atoms with van der Waals surface area (Å²) in [6, 6.07) is 14.0. The molecule has 4 rings (SSSR count). The largest absolute Gasteiger partial charge is 0.421 e. The predicted molar refractivity (Wildman–Crippen MR) is 102 cm³/mol. The number of nitrogens with zero attached hydrogens (tertiary/aromatic N) is 2. The number of nitrogens with one attached hydrogen (secondary N) is 1. The maximum atomic E-state index is 12.4. The average Bonchev–Trinajstić information content (AvgIpc) is 3.28. The van der Waals surface area contributed by atoms with E-state index in [4.69, 9.17) is 4.42 Å². The number of fused-ring (bicyclic) bond motifs is 1. The van der Waals surface area contributed by atoms with Gasteiger partial charge in [0.25, 0.3) is 0 Å². The van der Waals surface area contributed by atoms with Crippen molar-refractivity contribution in [3.8, 4) is 11.5 Å². The third-order valence-electron chi connectivity index (χ3n) is 4.40. The third kappa shape index (κ3) is 3.65. The molecule has 1 heterocycles. The number of amides is 1. The Kier molecular flexibility index (Phi) is 4.75. The van der Waals surface area contributed by atoms with Gasteiger partial charge in [-0.05, 0) is 54.7 Å². The molecule has 0 saturated heterocycles. The zero-order valence-electron chi connectivity index (χ0n) is 14.5. The van der Waals surface area contributed by atoms with E-state index in [2.05, 4.69) is 33.7 Å². The molecular weight excluding hydrogens is 346 g/mol. The second kappa shape index (κ2) is 7.33. The van der Waals surface area contributed by atoms with E-state index in [1.165, 1.54) is 24.0 Å². The normalized spacial score (nSPS) is 12.8. The van der Waals surface area contributed by atoms with Crippen LogP contribution in [0.1, 0.15) is 23.4 Å². The SMILES string of the molecule is Cc1nnc(-c2ccccc2NC(=O)CSc2ccc3c(c2)CCC3)o1. The first kappa shape index (κ1) is 16.8. The van der Waals surface area contributed by atoms with E-state index >= 15 is 0 Å². The molecule has 6 heteroatoms. The summed E-state index contributed by atoms with van der Waals surface area (Å²) < 4.78 is 5.48. The molecule has 132 valence electrons. The quantitative estimate of drug-likeness (QED) is 0.684. The van der Waals surface area contributed by atoms with Gasteiger partial charge in [0.15, 0.2) is 0 Å². The van der Waals surface area contributed by atoms with Crippen molar-refractivity contribution in [2.24, 2.45) is 0 Å². The van der Waals surface area contributed by atoms with Crippen molar-refractivity contribution >= 4 is 23.4 Å². The molecule has 1 aliphatic rings. The van der Waals surface area contributed by atoms with Crippen molar-refractivity contribution in [1.82, 2.24) is 10.2 Å². The third-order valence-corrected chi connectivity index (χ3v) is 5.39. The molecular formula is C20H19N3O2S. The summed E-state index contributed by atoms with van der Waals surface area (Å²) in [4.78, 5) is 13.6. The lowest BCUT2D eigenvalue weighted by atomic mass is 10.1. The van der Waals surface area contributed by atoms with Crippen LogP contribution in [0, 0.1) is 6.92 Å². The van der Waals surface area contributed by atoms with Gasteiger partial charge in [-0.25, -0.2) is 0 Å². The molecule has 1 amide bonds. The number of hydrogen-bond acceptors (Lipinski definition) is 5. The minimum absolute atomic E-state index is 0.0563. The second-order valence-electron chi connectivity index (χ2n) is 6.29. The second-order valence-corrected chi connectivity index (χ2v) is 7.34. The van der Waals surface area contributed by atoms with E-state index < -0.39 is 0 Å². The number of hydrogen-bond donors (Lipinski definition) is 1. The van der Waals surface area contributed by atoms with E-state index in [0.29, 0.717) is 23.2 Å². The maximum Gasteiger partial charge on any atom is 0.249 e. The number of benzene rings is 2. The van der Waals surface area contributed by atoms with E-state index in [1.807, 2.05) is 24.3 Å². The Morgan fingerprint density at radius 2 is 2.00 bits per heavy atom. The average molecular weight is 365 g/mol. The van der Waals surface area contributed by atoms with Crippen molar-refractivity contribution in [3.05, 3.63) is 59.5 Å². The van der Waals surface area contributed by atoms with Gasteiger partial charge >= 0.3 is 0 Å². The summed E-state index contributed by atoms with van der Waals surface area (Å²) in [5.74, 6) is 1.20. The number of rotatable bonds is 5. The summed E-state index contributed by atoms with van der Waals surface area (Å²) >= 11 is 1.56. The predicted octanol–water partition coefficient (Wildman–Crippen LogP) is 4.26. The van der Waals surface area contributed by atoms with Crippen LogP contribution >= 0.6 is 11.8 Å². The molecule has 0 radical (unpaired) electrons. The van der Waals surface area contributed by atoms with Crippen LogP contribution in [0.3, 0.4) is 0 Å². The van der Waals surface area contributed by atoms with Crippen molar-refractivity contribution < 1.29 is 9.21 Å². The van der Waals surface area contributed by atoms with Crippen LogP contribution in [-0.2, 0) is 17.6 Å². The monoisotopic (exact) mass is 365 g/mol. The van der Waals surface area contributed by atoms with E-state index in [1.54, 1.807) is 18.7 Å². The van der Waals surface area contributed by atoms with Crippen molar-refractivity contribution in [3.63, 3.8) is 0 Å². The fourth-order valence-corrected chi connectivity index (χ4v) is 3.92. The van der Waals surface area contributed by atoms with Crippen LogP contribution in [-0.4, -0.2) is 21.9 Å². The highest BCUT2D eigenvalue weighted by Crippen LogP contribution is 2.29. The highest BCUT2D eigenvalue weighted by Gasteiger charge is 2.14. The summed E-state index contributed by atoms with van der Waals surface area (Å²) in [7, 11) is 0. The number of anilines is 1. The highest BCUT2D eigenvalue weighted by atomic mass is 32.2. The van der Waals surface area contributed by atoms with Gasteiger partial charge in [-0.2, -0.15) is 0 Å². The van der Waals surface area contributed by atoms with Crippen LogP contribution in [0.2, 0.25) is 0 Å². The Labute approximate surface area is 156 Å². The van der Waals surface area contributed by atoms with Gasteiger partial charge in [-0.3, -0.25) is 4.79 Å². The van der Waals surface area contributed by atoms with Crippen LogP contribution in [0.15, 0.2) is 51.8 Å². The molecule has 3 aromatic rings. The van der Waals surface area contributed by atoms with E-state index in [0.717, 1.165) is 16.9 Å². The summed E-state index contributed by atoms with van der Waals surface area (Å²) in [5, 5.41) is 10.8. The molecule has 0 unspecified atom stereocenters. The van der Waals surface area contributed by atoms with Crippen molar-refractivity contribution in [2.75, 3.05) is 11.1 Å². The molecule has 26 heavy (non-hydrogen) atoms. The van der Waals surface area contributed by atoms with E-state index in [9.17, 15) is 4.79 Å². The summed E-state index contributed by atoms with van der Waals surface area (Å²) in [6.07, 6.45) is 3.55. The van der Waals surface area contributed by atoms with Gasteiger partial charge in [-0.15, -0.1) is 22.0 Å². The Bertz CT molecular complexity index is 952. The molecule has 0 spiro atoms. The molecule has 0 saturated carbocycles. The first-order chi connectivity index (χ1) is 12.7. The Balaban J connectivity index is 1.42. The summed E-state index contributed by atoms with van der Waals surface area (Å²) in [6.45, 7) is 1.74. The number of carbonyl (C=O) groups is 1. The molecule has 1 aromatic heterocycles. The lowest BCUT2D eigenvalue weighted by Crippen LogP contribution is -2.14. The first-order valence-corrected chi connectivity index (χ1v) is 9.61. The number of aryl methyl sites for hydroxylation is 3. The minimum atomic E-state index is -0.0563. The number of para-hydroxylation sites is 1. The van der Waals surface area contributed by atoms with Crippen LogP contribution in [0.4, 0.5) is 5.69 Å². The number of thioether (sulfide) groups is 1. The fourth-order valence-electron chi connectivity index (χ4n) is 3.16. The van der Waals surface area contributed by atoms with Gasteiger partial charge in [0, 0.05) is 11.8 Å². The first-order valence-electron chi connectivity index (χ1n) is 8.63. The van der Waals surface area contributed by atoms with Crippen LogP contribution in [0.25, 0.3) is 11.5 Å². The standard InChI is InChI=1S/C20H19N3O2S/c1-13-22-23-20(25-13)17-7-2-3-8-18(17)21-19(24)12-26-16-10-9-14-5-4-6-15(14)11-16/h2-3,7-11H,4-6,12H2,1H3,(H,21,24). The molecule has 1 N–H and O–H groups in total.